The zero-order valence-corrected chi connectivity index (χ0v) is 11.4. The molecule has 0 aliphatic rings. The van der Waals surface area contributed by atoms with Crippen molar-refractivity contribution < 1.29 is 19.4 Å². The molecule has 0 fully saturated rings. The molecule has 0 saturated heterocycles. The minimum absolute atomic E-state index is 0.0965. The first kappa shape index (κ1) is 14.8. The molecule has 0 aliphatic heterocycles. The van der Waals surface area contributed by atoms with Gasteiger partial charge in [-0.15, -0.1) is 0 Å². The van der Waals surface area contributed by atoms with Crippen molar-refractivity contribution in [2.45, 2.75) is 13.0 Å². The number of phenolic OH excluding ortho intramolecular Hbond substituents is 1. The van der Waals surface area contributed by atoms with Gasteiger partial charge in [-0.1, -0.05) is 0 Å². The lowest BCUT2D eigenvalue weighted by atomic mass is 10.1. The zero-order chi connectivity index (χ0) is 14.6. The maximum Gasteiger partial charge on any atom is 0.255 e. The Kier molecular flexibility index (Phi) is 4.74. The quantitative estimate of drug-likeness (QED) is 0.836. The molecule has 0 spiro atoms. The largest absolute Gasteiger partial charge is 0.507 e. The number of amides is 2. The summed E-state index contributed by atoms with van der Waals surface area (Å²) in [6.45, 7) is 1.58. The highest BCUT2D eigenvalue weighted by Crippen LogP contribution is 2.23. The number of hydrogen-bond donors (Lipinski definition) is 2. The fourth-order valence-corrected chi connectivity index (χ4v) is 1.55. The van der Waals surface area contributed by atoms with Crippen molar-refractivity contribution in [3.05, 3.63) is 23.8 Å². The van der Waals surface area contributed by atoms with Crippen LogP contribution in [0.1, 0.15) is 17.3 Å². The summed E-state index contributed by atoms with van der Waals surface area (Å²) < 4.78 is 4.93. The van der Waals surface area contributed by atoms with E-state index in [2.05, 4.69) is 5.32 Å². The van der Waals surface area contributed by atoms with Gasteiger partial charge in [0, 0.05) is 20.2 Å². The molecule has 1 unspecified atom stereocenters. The summed E-state index contributed by atoms with van der Waals surface area (Å²) in [4.78, 5) is 24.9. The number of methoxy groups -OCH3 is 1. The fraction of sp³-hybridized carbons (Fsp3) is 0.385. The van der Waals surface area contributed by atoms with Crippen LogP contribution in [0.2, 0.25) is 0 Å². The van der Waals surface area contributed by atoms with Crippen molar-refractivity contribution in [1.82, 2.24) is 10.2 Å². The van der Waals surface area contributed by atoms with Crippen LogP contribution in [0.25, 0.3) is 0 Å². The van der Waals surface area contributed by atoms with E-state index in [1.807, 2.05) is 0 Å². The van der Waals surface area contributed by atoms with Crippen molar-refractivity contribution in [3.63, 3.8) is 0 Å². The number of rotatable bonds is 4. The number of carbonyl (C=O) groups excluding carboxylic acids is 2. The topological polar surface area (TPSA) is 78.9 Å². The Bertz CT molecular complexity index is 486. The maximum atomic E-state index is 11.9. The van der Waals surface area contributed by atoms with Crippen molar-refractivity contribution in [3.8, 4) is 11.5 Å². The van der Waals surface area contributed by atoms with Gasteiger partial charge < -0.3 is 20.1 Å². The van der Waals surface area contributed by atoms with E-state index in [-0.39, 0.29) is 17.2 Å². The molecule has 0 bridgehead atoms. The smallest absolute Gasteiger partial charge is 0.255 e. The monoisotopic (exact) mass is 266 g/mol. The van der Waals surface area contributed by atoms with Crippen LogP contribution in [-0.4, -0.2) is 49.1 Å². The molecule has 6 nitrogen and oxygen atoms in total. The average molecular weight is 266 g/mol. The zero-order valence-electron chi connectivity index (χ0n) is 11.4. The van der Waals surface area contributed by atoms with Gasteiger partial charge in [0.05, 0.1) is 12.7 Å². The Balaban J connectivity index is 2.81. The number of carbonyl (C=O) groups is 2. The number of benzene rings is 1. The van der Waals surface area contributed by atoms with Gasteiger partial charge in [0.25, 0.3) is 5.91 Å². The van der Waals surface area contributed by atoms with Crippen molar-refractivity contribution in [2.75, 3.05) is 21.2 Å². The van der Waals surface area contributed by atoms with Gasteiger partial charge in [-0.3, -0.25) is 9.59 Å². The van der Waals surface area contributed by atoms with E-state index in [0.717, 1.165) is 0 Å². The number of phenols is 1. The second-order valence-corrected chi connectivity index (χ2v) is 4.31. The Morgan fingerprint density at radius 1 is 1.37 bits per heavy atom. The Morgan fingerprint density at radius 3 is 2.47 bits per heavy atom. The van der Waals surface area contributed by atoms with Crippen molar-refractivity contribution in [2.24, 2.45) is 0 Å². The molecule has 1 aromatic carbocycles. The molecule has 0 heterocycles. The highest BCUT2D eigenvalue weighted by atomic mass is 16.5. The molecule has 1 atom stereocenters. The lowest BCUT2D eigenvalue weighted by Gasteiger charge is -2.18. The van der Waals surface area contributed by atoms with E-state index in [4.69, 9.17) is 4.74 Å². The number of ether oxygens (including phenoxy) is 1. The Labute approximate surface area is 112 Å². The lowest BCUT2D eigenvalue weighted by Crippen LogP contribution is -2.44. The molecule has 0 saturated carbocycles. The van der Waals surface area contributed by atoms with Gasteiger partial charge in [0.1, 0.15) is 17.5 Å². The molecule has 0 radical (unpaired) electrons. The number of likely N-dealkylation sites (N-methyl/N-ethyl adjacent to an activating group) is 1. The number of hydrogen-bond acceptors (Lipinski definition) is 4. The first-order chi connectivity index (χ1) is 8.86. The van der Waals surface area contributed by atoms with Crippen LogP contribution in [0.5, 0.6) is 11.5 Å². The predicted octanol–water partition coefficient (Wildman–Crippen LogP) is 0.607. The van der Waals surface area contributed by atoms with Crippen LogP contribution in [0.3, 0.4) is 0 Å². The summed E-state index contributed by atoms with van der Waals surface area (Å²) >= 11 is 0. The summed E-state index contributed by atoms with van der Waals surface area (Å²) in [5, 5.41) is 12.2. The average Bonchev–Trinajstić information content (AvgIpc) is 2.36. The van der Waals surface area contributed by atoms with Crippen LogP contribution < -0.4 is 10.1 Å². The standard InChI is InChI=1S/C13H18N2O4/c1-8(13(18)15(2)3)14-12(17)10-6-5-9(19-4)7-11(10)16/h5-8,16H,1-4H3,(H,14,17). The van der Waals surface area contributed by atoms with Crippen molar-refractivity contribution >= 4 is 11.8 Å². The van der Waals surface area contributed by atoms with Crippen molar-refractivity contribution in [1.29, 1.82) is 0 Å². The minimum atomic E-state index is -0.663. The Hall–Kier alpha value is -2.24. The van der Waals surface area contributed by atoms with Gasteiger partial charge in [0.2, 0.25) is 5.91 Å². The summed E-state index contributed by atoms with van der Waals surface area (Å²) in [6.07, 6.45) is 0. The molecular weight excluding hydrogens is 248 g/mol. The molecule has 0 aromatic heterocycles. The molecular formula is C13H18N2O4. The lowest BCUT2D eigenvalue weighted by molar-refractivity contribution is -0.130. The molecule has 19 heavy (non-hydrogen) atoms. The minimum Gasteiger partial charge on any atom is -0.507 e. The summed E-state index contributed by atoms with van der Waals surface area (Å²) in [5.74, 6) is -0.475. The van der Waals surface area contributed by atoms with Gasteiger partial charge in [-0.05, 0) is 19.1 Å². The normalized spacial score (nSPS) is 11.6. The number of nitrogens with zero attached hydrogens (tertiary/aromatic N) is 1. The number of nitrogens with one attached hydrogen (secondary N) is 1. The Morgan fingerprint density at radius 2 is 2.00 bits per heavy atom. The van der Waals surface area contributed by atoms with E-state index < -0.39 is 11.9 Å². The van der Waals surface area contributed by atoms with Crippen LogP contribution in [0.4, 0.5) is 0 Å². The molecule has 0 aliphatic carbocycles. The SMILES string of the molecule is COc1ccc(C(=O)NC(C)C(=O)N(C)C)c(O)c1. The maximum absolute atomic E-state index is 11.9. The molecule has 2 amide bonds. The van der Waals surface area contributed by atoms with E-state index in [1.54, 1.807) is 27.1 Å². The third-order valence-corrected chi connectivity index (χ3v) is 2.61. The van der Waals surface area contributed by atoms with E-state index in [1.165, 1.54) is 24.1 Å². The van der Waals surface area contributed by atoms with Gasteiger partial charge in [-0.2, -0.15) is 0 Å². The van der Waals surface area contributed by atoms with Gasteiger partial charge in [-0.25, -0.2) is 0 Å². The second kappa shape index (κ2) is 6.08. The summed E-state index contributed by atoms with van der Waals surface area (Å²) in [7, 11) is 4.68. The first-order valence-corrected chi connectivity index (χ1v) is 5.75. The molecule has 1 aromatic rings. The third kappa shape index (κ3) is 3.61. The van der Waals surface area contributed by atoms with E-state index in [9.17, 15) is 14.7 Å². The van der Waals surface area contributed by atoms with E-state index >= 15 is 0 Å². The predicted molar refractivity (Wildman–Crippen MR) is 70.3 cm³/mol. The van der Waals surface area contributed by atoms with Crippen LogP contribution in [-0.2, 0) is 4.79 Å². The summed E-state index contributed by atoms with van der Waals surface area (Å²) in [6, 6.07) is 3.68. The van der Waals surface area contributed by atoms with Crippen LogP contribution >= 0.6 is 0 Å². The fourth-order valence-electron chi connectivity index (χ4n) is 1.55. The molecule has 6 heteroatoms. The molecule has 104 valence electrons. The summed E-state index contributed by atoms with van der Waals surface area (Å²) in [5.41, 5.74) is 0.0965. The molecule has 2 N–H and O–H groups in total. The highest BCUT2D eigenvalue weighted by molar-refractivity contribution is 5.99. The van der Waals surface area contributed by atoms with Crippen LogP contribution in [0, 0.1) is 0 Å². The van der Waals surface area contributed by atoms with Crippen LogP contribution in [0.15, 0.2) is 18.2 Å². The van der Waals surface area contributed by atoms with Gasteiger partial charge >= 0.3 is 0 Å². The third-order valence-electron chi connectivity index (χ3n) is 2.61. The second-order valence-electron chi connectivity index (χ2n) is 4.31. The first-order valence-electron chi connectivity index (χ1n) is 5.75. The molecule has 1 rings (SSSR count). The van der Waals surface area contributed by atoms with E-state index in [0.29, 0.717) is 5.75 Å². The number of aromatic hydroxyl groups is 1. The highest BCUT2D eigenvalue weighted by Gasteiger charge is 2.19. The van der Waals surface area contributed by atoms with Gasteiger partial charge in [0.15, 0.2) is 0 Å².